The molecule has 0 fully saturated rings. The lowest BCUT2D eigenvalue weighted by Gasteiger charge is -2.12. The lowest BCUT2D eigenvalue weighted by molar-refractivity contribution is -0.141. The van der Waals surface area contributed by atoms with Crippen molar-refractivity contribution in [3.8, 4) is 6.07 Å². The van der Waals surface area contributed by atoms with Gasteiger partial charge < -0.3 is 9.88 Å². The van der Waals surface area contributed by atoms with Crippen LogP contribution >= 0.6 is 0 Å². The molecule has 0 saturated carbocycles. The highest BCUT2D eigenvalue weighted by molar-refractivity contribution is 5.52. The Hall–Kier alpha value is -2.63. The zero-order valence-electron chi connectivity index (χ0n) is 12.6. The molecule has 0 aliphatic rings. The van der Waals surface area contributed by atoms with Crippen LogP contribution in [0.2, 0.25) is 0 Å². The van der Waals surface area contributed by atoms with Gasteiger partial charge in [-0.3, -0.25) is 0 Å². The fourth-order valence-electron chi connectivity index (χ4n) is 2.02. The Bertz CT molecular complexity index is 714. The van der Waals surface area contributed by atoms with Gasteiger partial charge in [0.15, 0.2) is 0 Å². The Labute approximate surface area is 131 Å². The third-order valence-corrected chi connectivity index (χ3v) is 3.11. The van der Waals surface area contributed by atoms with Crippen molar-refractivity contribution >= 4 is 5.82 Å². The Morgan fingerprint density at radius 2 is 2.09 bits per heavy atom. The minimum absolute atomic E-state index is 0.0610. The minimum atomic E-state index is -4.55. The van der Waals surface area contributed by atoms with E-state index in [1.165, 1.54) is 0 Å². The number of aromatic nitrogens is 4. The van der Waals surface area contributed by atoms with E-state index in [1.807, 2.05) is 19.9 Å². The van der Waals surface area contributed by atoms with E-state index in [0.29, 0.717) is 13.1 Å². The molecule has 0 radical (unpaired) electrons. The number of alkyl halides is 3. The molecule has 2 heterocycles. The van der Waals surface area contributed by atoms with E-state index in [1.54, 1.807) is 10.9 Å². The van der Waals surface area contributed by atoms with Crippen molar-refractivity contribution in [1.82, 2.24) is 19.7 Å². The number of nitrogens with one attached hydrogen (secondary N) is 1. The van der Waals surface area contributed by atoms with Gasteiger partial charge in [0.25, 0.3) is 0 Å². The van der Waals surface area contributed by atoms with Crippen molar-refractivity contribution in [2.45, 2.75) is 32.5 Å². The summed E-state index contributed by atoms with van der Waals surface area (Å²) in [5.41, 5.74) is -0.975. The summed E-state index contributed by atoms with van der Waals surface area (Å²) in [5.74, 6) is 0.879. The maximum Gasteiger partial charge on any atom is 0.433 e. The van der Waals surface area contributed by atoms with Gasteiger partial charge in [-0.2, -0.15) is 18.4 Å². The second-order valence-electron chi connectivity index (χ2n) is 5.17. The number of hydrogen-bond acceptors (Lipinski definition) is 5. The molecule has 6 nitrogen and oxygen atoms in total. The number of halogens is 3. The summed E-state index contributed by atoms with van der Waals surface area (Å²) in [6, 6.07) is 3.72. The van der Waals surface area contributed by atoms with Crippen molar-refractivity contribution in [3.63, 3.8) is 0 Å². The predicted octanol–water partition coefficient (Wildman–Crippen LogP) is 2.80. The van der Waals surface area contributed by atoms with Crippen LogP contribution in [0.15, 0.2) is 18.5 Å². The fourth-order valence-corrected chi connectivity index (χ4v) is 2.02. The Balaban J connectivity index is 2.11. The molecular weight excluding hydrogens is 309 g/mol. The van der Waals surface area contributed by atoms with Gasteiger partial charge in [-0.05, 0) is 12.1 Å². The molecule has 23 heavy (non-hydrogen) atoms. The number of rotatable bonds is 5. The second-order valence-corrected chi connectivity index (χ2v) is 5.17. The molecule has 0 saturated heterocycles. The summed E-state index contributed by atoms with van der Waals surface area (Å²) in [5, 5.41) is 19.6. The lowest BCUT2D eigenvalue weighted by atomic mass is 10.2. The molecule has 0 amide bonds. The summed E-state index contributed by atoms with van der Waals surface area (Å²) >= 11 is 0. The van der Waals surface area contributed by atoms with E-state index >= 15 is 0 Å². The van der Waals surface area contributed by atoms with Crippen LogP contribution < -0.4 is 5.32 Å². The van der Waals surface area contributed by atoms with Gasteiger partial charge in [0.2, 0.25) is 0 Å². The summed E-state index contributed by atoms with van der Waals surface area (Å²) in [4.78, 5) is 3.49. The molecule has 2 aromatic heterocycles. The van der Waals surface area contributed by atoms with E-state index in [2.05, 4.69) is 20.5 Å². The third kappa shape index (κ3) is 3.97. The zero-order valence-corrected chi connectivity index (χ0v) is 12.6. The molecule has 0 aromatic carbocycles. The first-order valence-corrected chi connectivity index (χ1v) is 6.93. The number of anilines is 1. The van der Waals surface area contributed by atoms with Gasteiger partial charge in [-0.25, -0.2) is 4.98 Å². The summed E-state index contributed by atoms with van der Waals surface area (Å²) in [7, 11) is 0. The van der Waals surface area contributed by atoms with Gasteiger partial charge in [0.05, 0.1) is 5.56 Å². The second kappa shape index (κ2) is 6.64. The average Bonchev–Trinajstić information content (AvgIpc) is 2.95. The van der Waals surface area contributed by atoms with Crippen molar-refractivity contribution in [3.05, 3.63) is 35.5 Å². The standard InChI is InChI=1S/C14H15F3N6/c1-9(2)13-22-20-8-23(13)6-5-19-12-10(7-18)3-4-11(21-12)14(15,16)17/h3-4,8-9H,5-6H2,1-2H3,(H,19,21). The highest BCUT2D eigenvalue weighted by atomic mass is 19.4. The van der Waals surface area contributed by atoms with Crippen molar-refractivity contribution in [2.75, 3.05) is 11.9 Å². The SMILES string of the molecule is CC(C)c1nncn1CCNc1nc(C(F)(F)F)ccc1C#N. The van der Waals surface area contributed by atoms with E-state index in [4.69, 9.17) is 5.26 Å². The molecule has 9 heteroatoms. The van der Waals surface area contributed by atoms with Crippen LogP contribution in [-0.4, -0.2) is 26.3 Å². The molecule has 0 aliphatic heterocycles. The predicted molar refractivity (Wildman–Crippen MR) is 76.6 cm³/mol. The zero-order chi connectivity index (χ0) is 17.0. The van der Waals surface area contributed by atoms with Crippen LogP contribution in [0.5, 0.6) is 0 Å². The van der Waals surface area contributed by atoms with Gasteiger partial charge in [-0.1, -0.05) is 13.8 Å². The first-order valence-electron chi connectivity index (χ1n) is 6.93. The highest BCUT2D eigenvalue weighted by Crippen LogP contribution is 2.29. The number of nitriles is 1. The monoisotopic (exact) mass is 324 g/mol. The molecule has 2 rings (SSSR count). The molecule has 0 unspecified atom stereocenters. The van der Waals surface area contributed by atoms with E-state index < -0.39 is 11.9 Å². The van der Waals surface area contributed by atoms with Crippen molar-refractivity contribution in [2.24, 2.45) is 0 Å². The van der Waals surface area contributed by atoms with E-state index in [-0.39, 0.29) is 17.3 Å². The van der Waals surface area contributed by atoms with Crippen LogP contribution in [-0.2, 0) is 12.7 Å². The maximum atomic E-state index is 12.7. The molecule has 2 aromatic rings. The summed E-state index contributed by atoms with van der Waals surface area (Å²) in [6.45, 7) is 4.68. The van der Waals surface area contributed by atoms with Gasteiger partial charge in [0.1, 0.15) is 29.7 Å². The summed E-state index contributed by atoms with van der Waals surface area (Å²) < 4.78 is 39.9. The van der Waals surface area contributed by atoms with Crippen LogP contribution in [0.25, 0.3) is 0 Å². The van der Waals surface area contributed by atoms with Crippen molar-refractivity contribution in [1.29, 1.82) is 5.26 Å². The first-order chi connectivity index (χ1) is 10.8. The van der Waals surface area contributed by atoms with Gasteiger partial charge in [-0.15, -0.1) is 10.2 Å². The molecule has 122 valence electrons. The molecule has 0 spiro atoms. The first kappa shape index (κ1) is 16.7. The highest BCUT2D eigenvalue weighted by Gasteiger charge is 2.33. The molecular formula is C14H15F3N6. The van der Waals surface area contributed by atoms with Crippen LogP contribution in [0.3, 0.4) is 0 Å². The third-order valence-electron chi connectivity index (χ3n) is 3.11. The normalized spacial score (nSPS) is 11.5. The topological polar surface area (TPSA) is 79.4 Å². The number of pyridine rings is 1. The quantitative estimate of drug-likeness (QED) is 0.915. The molecule has 0 atom stereocenters. The number of nitrogens with zero attached hydrogens (tertiary/aromatic N) is 5. The molecule has 0 aliphatic carbocycles. The van der Waals surface area contributed by atoms with E-state index in [9.17, 15) is 13.2 Å². The minimum Gasteiger partial charge on any atom is -0.367 e. The maximum absolute atomic E-state index is 12.7. The van der Waals surface area contributed by atoms with Crippen LogP contribution in [0.1, 0.15) is 36.8 Å². The summed E-state index contributed by atoms with van der Waals surface area (Å²) in [6.07, 6.45) is -2.99. The largest absolute Gasteiger partial charge is 0.433 e. The lowest BCUT2D eigenvalue weighted by Crippen LogP contribution is -2.16. The Morgan fingerprint density at radius 3 is 2.70 bits per heavy atom. The number of hydrogen-bond donors (Lipinski definition) is 1. The molecule has 0 bridgehead atoms. The van der Waals surface area contributed by atoms with E-state index in [0.717, 1.165) is 18.0 Å². The fraction of sp³-hybridized carbons (Fsp3) is 0.429. The van der Waals surface area contributed by atoms with Crippen LogP contribution in [0.4, 0.5) is 19.0 Å². The Morgan fingerprint density at radius 1 is 1.35 bits per heavy atom. The van der Waals surface area contributed by atoms with Crippen LogP contribution in [0, 0.1) is 11.3 Å². The smallest absolute Gasteiger partial charge is 0.367 e. The molecule has 1 N–H and O–H groups in total. The Kier molecular flexibility index (Phi) is 4.83. The average molecular weight is 324 g/mol. The van der Waals surface area contributed by atoms with Crippen molar-refractivity contribution < 1.29 is 13.2 Å². The van der Waals surface area contributed by atoms with Gasteiger partial charge in [0, 0.05) is 19.0 Å². The van der Waals surface area contributed by atoms with Gasteiger partial charge >= 0.3 is 6.18 Å².